The third-order valence-corrected chi connectivity index (χ3v) is 3.94. The summed E-state index contributed by atoms with van der Waals surface area (Å²) in [4.78, 5) is 21.8. The van der Waals surface area contributed by atoms with Gasteiger partial charge in [-0.25, -0.2) is 14.8 Å². The monoisotopic (exact) mass is 278 g/mol. The van der Waals surface area contributed by atoms with Crippen LogP contribution in [0.4, 0.5) is 5.82 Å². The number of carbonyl (C=O) groups excluding carboxylic acids is 1. The topological polar surface area (TPSA) is 67.3 Å². The predicted molar refractivity (Wildman–Crippen MR) is 76.7 cm³/mol. The molecule has 0 spiro atoms. The summed E-state index contributed by atoms with van der Waals surface area (Å²) in [6, 6.07) is 0. The van der Waals surface area contributed by atoms with Gasteiger partial charge in [-0.1, -0.05) is 6.92 Å². The number of rotatable bonds is 4. The Kier molecular flexibility index (Phi) is 4.54. The van der Waals surface area contributed by atoms with Crippen molar-refractivity contribution in [3.05, 3.63) is 18.1 Å². The van der Waals surface area contributed by atoms with Crippen molar-refractivity contribution in [2.24, 2.45) is 5.41 Å². The highest BCUT2D eigenvalue weighted by Gasteiger charge is 2.28. The van der Waals surface area contributed by atoms with Crippen molar-refractivity contribution in [3.8, 4) is 0 Å². The number of anilines is 1. The average molecular weight is 278 g/mol. The van der Waals surface area contributed by atoms with Gasteiger partial charge in [0.1, 0.15) is 5.82 Å². The Labute approximate surface area is 119 Å². The summed E-state index contributed by atoms with van der Waals surface area (Å²) in [6.07, 6.45) is 5.35. The Bertz CT molecular complexity index is 453. The van der Waals surface area contributed by atoms with E-state index < -0.39 is 5.97 Å². The van der Waals surface area contributed by atoms with E-state index in [1.807, 2.05) is 0 Å². The van der Waals surface area contributed by atoms with E-state index >= 15 is 0 Å². The third-order valence-electron chi connectivity index (χ3n) is 3.94. The fraction of sp³-hybridized carbons (Fsp3) is 0.643. The second kappa shape index (κ2) is 6.17. The van der Waals surface area contributed by atoms with Crippen LogP contribution in [0.1, 0.15) is 30.3 Å². The van der Waals surface area contributed by atoms with Crippen molar-refractivity contribution in [2.45, 2.75) is 19.8 Å². The number of methoxy groups -OCH3 is 1. The average Bonchev–Trinajstić information content (AvgIpc) is 2.48. The van der Waals surface area contributed by atoms with Gasteiger partial charge < -0.3 is 15.0 Å². The molecule has 1 saturated heterocycles. The highest BCUT2D eigenvalue weighted by Crippen LogP contribution is 2.30. The number of nitrogens with zero attached hydrogens (tertiary/aromatic N) is 3. The smallest absolute Gasteiger partial charge is 0.358 e. The summed E-state index contributed by atoms with van der Waals surface area (Å²) < 4.78 is 4.59. The number of piperidine rings is 1. The lowest BCUT2D eigenvalue weighted by molar-refractivity contribution is 0.0593. The molecule has 0 aromatic carbocycles. The quantitative estimate of drug-likeness (QED) is 0.840. The molecular formula is C14H22N4O2. The van der Waals surface area contributed by atoms with Crippen LogP contribution in [0.3, 0.4) is 0 Å². The number of ether oxygens (including phenoxy) is 1. The maximum atomic E-state index is 11.3. The molecule has 0 saturated carbocycles. The first kappa shape index (κ1) is 14.7. The maximum Gasteiger partial charge on any atom is 0.358 e. The minimum Gasteiger partial charge on any atom is -0.464 e. The van der Waals surface area contributed by atoms with Crippen LogP contribution >= 0.6 is 0 Å². The first-order chi connectivity index (χ1) is 9.52. The molecule has 0 aliphatic carbocycles. The SMILES string of the molecule is COC(=O)c1cnc(NCC2(C)CCN(C)CC2)cn1. The molecule has 0 amide bonds. The van der Waals surface area contributed by atoms with Gasteiger partial charge in [0.05, 0.1) is 19.5 Å². The zero-order chi connectivity index (χ0) is 14.6. The lowest BCUT2D eigenvalue weighted by Gasteiger charge is -2.38. The zero-order valence-electron chi connectivity index (χ0n) is 12.3. The van der Waals surface area contributed by atoms with E-state index in [4.69, 9.17) is 0 Å². The van der Waals surface area contributed by atoms with E-state index in [0.29, 0.717) is 5.82 Å². The molecule has 0 radical (unpaired) electrons. The highest BCUT2D eigenvalue weighted by molar-refractivity contribution is 5.86. The van der Waals surface area contributed by atoms with Crippen molar-refractivity contribution >= 4 is 11.8 Å². The molecule has 0 atom stereocenters. The Morgan fingerprint density at radius 2 is 2.10 bits per heavy atom. The van der Waals surface area contributed by atoms with Crippen LogP contribution < -0.4 is 5.32 Å². The molecule has 2 heterocycles. The van der Waals surface area contributed by atoms with Crippen molar-refractivity contribution in [1.29, 1.82) is 0 Å². The standard InChI is InChI=1S/C14H22N4O2/c1-14(4-6-18(2)7-5-14)10-17-12-9-15-11(8-16-12)13(19)20-3/h8-9H,4-7,10H2,1-3H3,(H,16,17). The summed E-state index contributed by atoms with van der Waals surface area (Å²) in [5, 5.41) is 3.31. The minimum atomic E-state index is -0.466. The number of aromatic nitrogens is 2. The van der Waals surface area contributed by atoms with E-state index in [9.17, 15) is 4.79 Å². The van der Waals surface area contributed by atoms with Gasteiger partial charge in [0, 0.05) is 6.54 Å². The normalized spacial score (nSPS) is 18.6. The van der Waals surface area contributed by atoms with Crippen molar-refractivity contribution in [1.82, 2.24) is 14.9 Å². The molecule has 1 aliphatic rings. The van der Waals surface area contributed by atoms with Gasteiger partial charge in [-0.15, -0.1) is 0 Å². The molecule has 20 heavy (non-hydrogen) atoms. The van der Waals surface area contributed by atoms with Crippen LogP contribution in [0.5, 0.6) is 0 Å². The van der Waals surface area contributed by atoms with Crippen molar-refractivity contribution in [2.75, 3.05) is 39.1 Å². The van der Waals surface area contributed by atoms with Gasteiger partial charge in [-0.2, -0.15) is 0 Å². The highest BCUT2D eigenvalue weighted by atomic mass is 16.5. The van der Waals surface area contributed by atoms with Crippen molar-refractivity contribution < 1.29 is 9.53 Å². The molecule has 0 bridgehead atoms. The fourth-order valence-electron chi connectivity index (χ4n) is 2.27. The molecule has 0 unspecified atom stereocenters. The minimum absolute atomic E-state index is 0.226. The number of nitrogens with one attached hydrogen (secondary N) is 1. The second-order valence-electron chi connectivity index (χ2n) is 5.75. The number of hydrogen-bond donors (Lipinski definition) is 1. The van der Waals surface area contributed by atoms with Gasteiger partial charge in [0.15, 0.2) is 5.69 Å². The number of carbonyl (C=O) groups is 1. The first-order valence-corrected chi connectivity index (χ1v) is 6.85. The molecule has 6 nitrogen and oxygen atoms in total. The molecule has 1 N–H and O–H groups in total. The summed E-state index contributed by atoms with van der Waals surface area (Å²) >= 11 is 0. The summed E-state index contributed by atoms with van der Waals surface area (Å²) in [6.45, 7) is 5.42. The molecule has 6 heteroatoms. The largest absolute Gasteiger partial charge is 0.464 e. The Balaban J connectivity index is 1.89. The van der Waals surface area contributed by atoms with Crippen LogP contribution in [-0.4, -0.2) is 54.6 Å². The lowest BCUT2D eigenvalue weighted by Crippen LogP contribution is -2.40. The van der Waals surface area contributed by atoms with Crippen molar-refractivity contribution in [3.63, 3.8) is 0 Å². The van der Waals surface area contributed by atoms with Gasteiger partial charge in [-0.05, 0) is 38.4 Å². The Morgan fingerprint density at radius 1 is 1.40 bits per heavy atom. The summed E-state index contributed by atoms with van der Waals surface area (Å²) in [7, 11) is 3.49. The van der Waals surface area contributed by atoms with E-state index in [0.717, 1.165) is 19.6 Å². The Hall–Kier alpha value is -1.69. The predicted octanol–water partition coefficient (Wildman–Crippen LogP) is 1.41. The number of hydrogen-bond acceptors (Lipinski definition) is 6. The summed E-state index contributed by atoms with van der Waals surface area (Å²) in [5.41, 5.74) is 0.512. The fourth-order valence-corrected chi connectivity index (χ4v) is 2.27. The molecule has 1 aromatic heterocycles. The summed E-state index contributed by atoms with van der Waals surface area (Å²) in [5.74, 6) is 0.226. The first-order valence-electron chi connectivity index (χ1n) is 6.85. The molecule has 1 aliphatic heterocycles. The van der Waals surface area contributed by atoms with Crippen LogP contribution in [0, 0.1) is 5.41 Å². The van der Waals surface area contributed by atoms with Crippen LogP contribution in [0.25, 0.3) is 0 Å². The molecule has 2 rings (SSSR count). The maximum absolute atomic E-state index is 11.3. The number of esters is 1. The molecular weight excluding hydrogens is 256 g/mol. The van der Waals surface area contributed by atoms with Crippen LogP contribution in [0.15, 0.2) is 12.4 Å². The third kappa shape index (κ3) is 3.66. The van der Waals surface area contributed by atoms with E-state index in [1.165, 1.54) is 26.1 Å². The van der Waals surface area contributed by atoms with Crippen LogP contribution in [0.2, 0.25) is 0 Å². The second-order valence-corrected chi connectivity index (χ2v) is 5.75. The van der Waals surface area contributed by atoms with Gasteiger partial charge in [0.25, 0.3) is 0 Å². The van der Waals surface area contributed by atoms with Crippen LogP contribution in [-0.2, 0) is 4.74 Å². The van der Waals surface area contributed by atoms with Gasteiger partial charge in [-0.3, -0.25) is 0 Å². The van der Waals surface area contributed by atoms with E-state index in [-0.39, 0.29) is 11.1 Å². The molecule has 1 fully saturated rings. The Morgan fingerprint density at radius 3 is 2.65 bits per heavy atom. The zero-order valence-corrected chi connectivity index (χ0v) is 12.3. The molecule has 110 valence electrons. The van der Waals surface area contributed by atoms with Gasteiger partial charge in [0.2, 0.25) is 0 Å². The van der Waals surface area contributed by atoms with E-state index in [2.05, 4.69) is 38.9 Å². The van der Waals surface area contributed by atoms with Gasteiger partial charge >= 0.3 is 5.97 Å². The lowest BCUT2D eigenvalue weighted by atomic mass is 9.80. The van der Waals surface area contributed by atoms with E-state index in [1.54, 1.807) is 6.20 Å². The molecule has 1 aromatic rings. The number of likely N-dealkylation sites (tertiary alicyclic amines) is 1.